The zero-order valence-electron chi connectivity index (χ0n) is 20.3. The minimum atomic E-state index is -0.340. The Morgan fingerprint density at radius 3 is 1.95 bits per heavy atom. The molecule has 0 aliphatic carbocycles. The van der Waals surface area contributed by atoms with Gasteiger partial charge in [0.15, 0.2) is 11.5 Å². The summed E-state index contributed by atoms with van der Waals surface area (Å²) >= 11 is 0. The monoisotopic (exact) mass is 523 g/mol. The Morgan fingerprint density at radius 1 is 0.730 bits per heavy atom. The van der Waals surface area contributed by atoms with Crippen LogP contribution in [0.2, 0.25) is 0 Å². The van der Waals surface area contributed by atoms with Gasteiger partial charge in [-0.3, -0.25) is 0 Å². The van der Waals surface area contributed by atoms with Crippen LogP contribution in [-0.2, 0) is 0 Å². The molecule has 0 bridgehead atoms. The van der Waals surface area contributed by atoms with Crippen LogP contribution in [0.1, 0.15) is 0 Å². The normalized spacial score (nSPS) is 9.92. The van der Waals surface area contributed by atoms with Gasteiger partial charge in [0.25, 0.3) is 0 Å². The number of carbonyl (C=O) groups excluding carboxylic acids is 1. The number of anilines is 4. The second kappa shape index (κ2) is 12.8. The number of aromatic nitrogens is 2. The smallest absolute Gasteiger partial charge is 0.323 e. The second-order valence-corrected chi connectivity index (χ2v) is 7.35. The first kappa shape index (κ1) is 26.9. The van der Waals surface area contributed by atoms with Crippen molar-refractivity contribution in [2.45, 2.75) is 0 Å². The third-order valence-electron chi connectivity index (χ3n) is 4.95. The van der Waals surface area contributed by atoms with Gasteiger partial charge in [-0.1, -0.05) is 18.2 Å². The molecular formula is C26H26ClN5O5. The topological polar surface area (TPSA) is 116 Å². The van der Waals surface area contributed by atoms with Crippen molar-refractivity contribution in [1.29, 1.82) is 0 Å². The number of nitrogens with zero attached hydrogens (tertiary/aromatic N) is 2. The van der Waals surface area contributed by atoms with Crippen LogP contribution in [0, 0.1) is 0 Å². The minimum Gasteiger partial charge on any atom is -0.493 e. The number of halogens is 1. The van der Waals surface area contributed by atoms with Gasteiger partial charge >= 0.3 is 6.03 Å². The first-order valence-corrected chi connectivity index (χ1v) is 10.9. The van der Waals surface area contributed by atoms with Crippen LogP contribution in [0.15, 0.2) is 79.1 Å². The van der Waals surface area contributed by atoms with Crippen LogP contribution >= 0.6 is 12.4 Å². The number of amides is 2. The lowest BCUT2D eigenvalue weighted by molar-refractivity contribution is 0.262. The first-order valence-electron chi connectivity index (χ1n) is 10.9. The molecule has 1 heterocycles. The van der Waals surface area contributed by atoms with E-state index in [4.69, 9.17) is 18.9 Å². The van der Waals surface area contributed by atoms with Crippen molar-refractivity contribution in [1.82, 2.24) is 9.97 Å². The summed E-state index contributed by atoms with van der Waals surface area (Å²) in [6.07, 6.45) is 1.39. The Kier molecular flexibility index (Phi) is 9.34. The number of methoxy groups -OCH3 is 3. The third-order valence-corrected chi connectivity index (χ3v) is 4.95. The SMILES string of the molecule is COc1cc(Nc2cc(Oc3ccc(NC(=O)Nc4ccccc4)cc3)ncn2)cc(OC)c1OC.Cl. The molecule has 0 aliphatic rings. The quantitative estimate of drug-likeness (QED) is 0.241. The predicted octanol–water partition coefficient (Wildman–Crippen LogP) is 6.10. The fourth-order valence-corrected chi connectivity index (χ4v) is 3.31. The highest BCUT2D eigenvalue weighted by Gasteiger charge is 2.14. The number of hydrogen-bond donors (Lipinski definition) is 3. The number of rotatable bonds is 9. The Bertz CT molecular complexity index is 1300. The Labute approximate surface area is 220 Å². The molecular weight excluding hydrogens is 498 g/mol. The van der Waals surface area contributed by atoms with E-state index in [0.717, 1.165) is 0 Å². The van der Waals surface area contributed by atoms with E-state index in [1.54, 1.807) is 63.8 Å². The number of benzene rings is 3. The van der Waals surface area contributed by atoms with Crippen molar-refractivity contribution in [2.24, 2.45) is 0 Å². The zero-order chi connectivity index (χ0) is 25.3. The highest BCUT2D eigenvalue weighted by atomic mass is 35.5. The van der Waals surface area contributed by atoms with Crippen molar-refractivity contribution < 1.29 is 23.7 Å². The summed E-state index contributed by atoms with van der Waals surface area (Å²) in [7, 11) is 4.64. The molecule has 37 heavy (non-hydrogen) atoms. The summed E-state index contributed by atoms with van der Waals surface area (Å²) in [6.45, 7) is 0. The van der Waals surface area contributed by atoms with E-state index < -0.39 is 0 Å². The lowest BCUT2D eigenvalue weighted by Crippen LogP contribution is -2.19. The molecule has 0 radical (unpaired) electrons. The van der Waals surface area contributed by atoms with Crippen molar-refractivity contribution in [3.8, 4) is 28.9 Å². The van der Waals surface area contributed by atoms with Gasteiger partial charge in [-0.25, -0.2) is 14.8 Å². The predicted molar refractivity (Wildman–Crippen MR) is 144 cm³/mol. The molecule has 1 aromatic heterocycles. The number of urea groups is 1. The van der Waals surface area contributed by atoms with Crippen molar-refractivity contribution in [3.05, 3.63) is 79.1 Å². The number of hydrogen-bond acceptors (Lipinski definition) is 8. The molecule has 11 heteroatoms. The fourth-order valence-electron chi connectivity index (χ4n) is 3.31. The van der Waals surface area contributed by atoms with Crippen LogP contribution in [0.4, 0.5) is 27.7 Å². The van der Waals surface area contributed by atoms with Crippen LogP contribution in [-0.4, -0.2) is 37.3 Å². The number of nitrogens with one attached hydrogen (secondary N) is 3. The van der Waals surface area contributed by atoms with Crippen LogP contribution in [0.3, 0.4) is 0 Å². The first-order chi connectivity index (χ1) is 17.6. The maximum absolute atomic E-state index is 12.2. The van der Waals surface area contributed by atoms with Crippen LogP contribution in [0.25, 0.3) is 0 Å². The molecule has 0 spiro atoms. The standard InChI is InChI=1S/C26H25N5O5.ClH/c1-33-21-13-19(14-22(34-2)25(21)35-3)29-23-15-24(28-16-27-23)36-20-11-9-18(10-12-20)31-26(32)30-17-7-5-4-6-8-17;/h4-16H,1-3H3,(H,27,28,29)(H2,30,31,32);1H. The van der Waals surface area contributed by atoms with E-state index in [-0.39, 0.29) is 18.4 Å². The van der Waals surface area contributed by atoms with Gasteiger partial charge < -0.3 is 34.9 Å². The molecule has 0 saturated carbocycles. The summed E-state index contributed by atoms with van der Waals surface area (Å²) in [5.41, 5.74) is 2.00. The highest BCUT2D eigenvalue weighted by Crippen LogP contribution is 2.40. The average molecular weight is 524 g/mol. The van der Waals surface area contributed by atoms with E-state index >= 15 is 0 Å². The molecule has 0 saturated heterocycles. The van der Waals surface area contributed by atoms with Crippen molar-refractivity contribution >= 4 is 41.3 Å². The van der Waals surface area contributed by atoms with Gasteiger partial charge in [-0.05, 0) is 36.4 Å². The van der Waals surface area contributed by atoms with Crippen molar-refractivity contribution in [3.63, 3.8) is 0 Å². The van der Waals surface area contributed by atoms with Gasteiger partial charge in [0.2, 0.25) is 11.6 Å². The Balaban J connectivity index is 0.00000380. The molecule has 3 aromatic carbocycles. The number of ether oxygens (including phenoxy) is 4. The lowest BCUT2D eigenvalue weighted by Gasteiger charge is -2.15. The summed E-state index contributed by atoms with van der Waals surface area (Å²) in [6, 6.07) is 21.0. The molecule has 4 aromatic rings. The van der Waals surface area contributed by atoms with Crippen LogP contribution < -0.4 is 34.9 Å². The fraction of sp³-hybridized carbons (Fsp3) is 0.115. The van der Waals surface area contributed by atoms with E-state index in [9.17, 15) is 4.79 Å². The maximum Gasteiger partial charge on any atom is 0.323 e. The molecule has 0 atom stereocenters. The Hall–Kier alpha value is -4.70. The Morgan fingerprint density at radius 2 is 1.35 bits per heavy atom. The summed E-state index contributed by atoms with van der Waals surface area (Å²) < 4.78 is 22.0. The third kappa shape index (κ3) is 7.15. The molecule has 0 fully saturated rings. The second-order valence-electron chi connectivity index (χ2n) is 7.35. The molecule has 192 valence electrons. The van der Waals surface area contributed by atoms with Gasteiger partial charge in [0.1, 0.15) is 17.9 Å². The largest absolute Gasteiger partial charge is 0.493 e. The molecule has 0 unspecified atom stereocenters. The van der Waals surface area contributed by atoms with E-state index in [0.29, 0.717) is 51.8 Å². The number of para-hydroxylation sites is 1. The van der Waals surface area contributed by atoms with Crippen molar-refractivity contribution in [2.75, 3.05) is 37.3 Å². The zero-order valence-corrected chi connectivity index (χ0v) is 21.2. The molecule has 2 amide bonds. The van der Waals surface area contributed by atoms with Gasteiger partial charge in [-0.2, -0.15) is 0 Å². The highest BCUT2D eigenvalue weighted by molar-refractivity contribution is 5.99. The van der Waals surface area contributed by atoms with Gasteiger partial charge in [0, 0.05) is 35.3 Å². The van der Waals surface area contributed by atoms with E-state index in [1.807, 2.05) is 30.3 Å². The molecule has 3 N–H and O–H groups in total. The summed E-state index contributed by atoms with van der Waals surface area (Å²) in [5, 5.41) is 8.72. The lowest BCUT2D eigenvalue weighted by atomic mass is 10.2. The van der Waals surface area contributed by atoms with E-state index in [2.05, 4.69) is 25.9 Å². The van der Waals surface area contributed by atoms with Gasteiger partial charge in [0.05, 0.1) is 21.3 Å². The molecule has 4 rings (SSSR count). The molecule has 10 nitrogen and oxygen atoms in total. The number of carbonyl (C=O) groups is 1. The van der Waals surface area contributed by atoms with Gasteiger partial charge in [-0.15, -0.1) is 12.4 Å². The summed E-state index contributed by atoms with van der Waals surface area (Å²) in [4.78, 5) is 20.6. The minimum absolute atomic E-state index is 0. The van der Waals surface area contributed by atoms with E-state index in [1.165, 1.54) is 6.33 Å². The average Bonchev–Trinajstić information content (AvgIpc) is 2.90. The van der Waals surface area contributed by atoms with Crippen LogP contribution in [0.5, 0.6) is 28.9 Å². The maximum atomic E-state index is 12.2. The molecule has 0 aliphatic heterocycles. The summed E-state index contributed by atoms with van der Waals surface area (Å²) in [5.74, 6) is 2.90.